The van der Waals surface area contributed by atoms with Crippen LogP contribution in [0, 0.1) is 0 Å². The fraction of sp³-hybridized carbons (Fsp3) is 0.417. The van der Waals surface area contributed by atoms with E-state index in [2.05, 4.69) is 46.6 Å². The molecule has 0 radical (unpaired) electrons. The third kappa shape index (κ3) is 1.20. The molecule has 0 N–H and O–H groups in total. The predicted molar refractivity (Wildman–Crippen MR) is 59.9 cm³/mol. The van der Waals surface area contributed by atoms with E-state index in [0.29, 0.717) is 6.04 Å². The highest BCUT2D eigenvalue weighted by atomic mass is 15.2. The van der Waals surface area contributed by atoms with Gasteiger partial charge in [0.25, 0.3) is 0 Å². The zero-order chi connectivity index (χ0) is 10.4. The van der Waals surface area contributed by atoms with Crippen molar-refractivity contribution in [2.24, 2.45) is 0 Å². The van der Waals surface area contributed by atoms with Gasteiger partial charge in [0.2, 0.25) is 0 Å². The van der Waals surface area contributed by atoms with Crippen molar-refractivity contribution >= 4 is 5.65 Å². The maximum absolute atomic E-state index is 4.67. The third-order valence-corrected chi connectivity index (χ3v) is 3.40. The molecule has 1 aliphatic rings. The monoisotopic (exact) mass is 201 g/mol. The van der Waals surface area contributed by atoms with E-state index in [1.807, 2.05) is 6.07 Å². The topological polar surface area (TPSA) is 20.5 Å². The Hall–Kier alpha value is -1.35. The minimum Gasteiger partial charge on any atom is -0.302 e. The van der Waals surface area contributed by atoms with E-state index in [0.717, 1.165) is 18.6 Å². The van der Waals surface area contributed by atoms with Gasteiger partial charge in [-0.3, -0.25) is 4.90 Å². The van der Waals surface area contributed by atoms with Crippen LogP contribution in [-0.2, 0) is 6.42 Å². The van der Waals surface area contributed by atoms with Gasteiger partial charge in [0.15, 0.2) is 0 Å². The van der Waals surface area contributed by atoms with Crippen molar-refractivity contribution in [1.82, 2.24) is 14.3 Å². The highest BCUT2D eigenvalue weighted by molar-refractivity contribution is 5.44. The lowest BCUT2D eigenvalue weighted by atomic mass is 10.1. The SMILES string of the molecule is C[C@H]1c2c(nc3ccccn23)CCN1C. The smallest absolute Gasteiger partial charge is 0.137 e. The minimum atomic E-state index is 0.464. The zero-order valence-electron chi connectivity index (χ0n) is 9.14. The summed E-state index contributed by atoms with van der Waals surface area (Å²) in [7, 11) is 2.18. The molecule has 3 heteroatoms. The Labute approximate surface area is 89.3 Å². The van der Waals surface area contributed by atoms with E-state index >= 15 is 0 Å². The molecule has 2 aromatic rings. The van der Waals surface area contributed by atoms with Crippen LogP contribution in [0.25, 0.3) is 5.65 Å². The molecule has 3 heterocycles. The molecular formula is C12H15N3. The largest absolute Gasteiger partial charge is 0.302 e. The highest BCUT2D eigenvalue weighted by Crippen LogP contribution is 2.28. The first kappa shape index (κ1) is 8.92. The van der Waals surface area contributed by atoms with Crippen LogP contribution in [0.3, 0.4) is 0 Å². The summed E-state index contributed by atoms with van der Waals surface area (Å²) in [5.41, 5.74) is 3.70. The molecule has 0 fully saturated rings. The Morgan fingerprint density at radius 2 is 2.27 bits per heavy atom. The standard InChI is InChI=1S/C12H15N3/c1-9-12-10(6-8-14(9)2)13-11-5-3-4-7-15(11)12/h3-5,7,9H,6,8H2,1-2H3/t9-/m0/s1. The molecule has 78 valence electrons. The van der Waals surface area contributed by atoms with Crippen molar-refractivity contribution < 1.29 is 0 Å². The van der Waals surface area contributed by atoms with Crippen molar-refractivity contribution in [3.05, 3.63) is 35.8 Å². The van der Waals surface area contributed by atoms with Gasteiger partial charge in [-0.15, -0.1) is 0 Å². The van der Waals surface area contributed by atoms with Crippen molar-refractivity contribution in [3.63, 3.8) is 0 Å². The number of hydrogen-bond donors (Lipinski definition) is 0. The lowest BCUT2D eigenvalue weighted by molar-refractivity contribution is 0.240. The summed E-state index contributed by atoms with van der Waals surface area (Å²) in [5.74, 6) is 0. The molecule has 0 saturated carbocycles. The second-order valence-electron chi connectivity index (χ2n) is 4.28. The van der Waals surface area contributed by atoms with Gasteiger partial charge in [-0.2, -0.15) is 0 Å². The van der Waals surface area contributed by atoms with E-state index in [1.165, 1.54) is 11.4 Å². The molecule has 0 saturated heterocycles. The average molecular weight is 201 g/mol. The normalized spacial score (nSPS) is 21.9. The molecule has 0 aliphatic carbocycles. The summed E-state index contributed by atoms with van der Waals surface area (Å²) in [6.45, 7) is 3.36. The molecule has 0 unspecified atom stereocenters. The minimum absolute atomic E-state index is 0.464. The van der Waals surface area contributed by atoms with Crippen LogP contribution in [0.15, 0.2) is 24.4 Å². The van der Waals surface area contributed by atoms with Crippen LogP contribution < -0.4 is 0 Å². The molecule has 3 nitrogen and oxygen atoms in total. The molecule has 15 heavy (non-hydrogen) atoms. The summed E-state index contributed by atoms with van der Waals surface area (Å²) in [6, 6.07) is 6.65. The van der Waals surface area contributed by atoms with Gasteiger partial charge >= 0.3 is 0 Å². The summed E-state index contributed by atoms with van der Waals surface area (Å²) in [6.07, 6.45) is 3.18. The molecule has 0 amide bonds. The van der Waals surface area contributed by atoms with Gasteiger partial charge in [0.1, 0.15) is 5.65 Å². The Kier molecular flexibility index (Phi) is 1.83. The fourth-order valence-corrected chi connectivity index (χ4v) is 2.37. The molecule has 1 atom stereocenters. The Bertz CT molecular complexity index is 501. The molecule has 2 aromatic heterocycles. The van der Waals surface area contributed by atoms with Crippen molar-refractivity contribution in [3.8, 4) is 0 Å². The molecule has 3 rings (SSSR count). The van der Waals surface area contributed by atoms with Crippen LogP contribution in [0.2, 0.25) is 0 Å². The third-order valence-electron chi connectivity index (χ3n) is 3.40. The second-order valence-corrected chi connectivity index (χ2v) is 4.28. The summed E-state index contributed by atoms with van der Waals surface area (Å²) in [5, 5.41) is 0. The Balaban J connectivity index is 2.29. The average Bonchev–Trinajstić information content (AvgIpc) is 2.62. The van der Waals surface area contributed by atoms with E-state index in [1.54, 1.807) is 0 Å². The summed E-state index contributed by atoms with van der Waals surface area (Å²) < 4.78 is 2.22. The van der Waals surface area contributed by atoms with Crippen LogP contribution in [0.5, 0.6) is 0 Å². The van der Waals surface area contributed by atoms with E-state index in [-0.39, 0.29) is 0 Å². The number of imidazole rings is 1. The van der Waals surface area contributed by atoms with Crippen molar-refractivity contribution in [2.45, 2.75) is 19.4 Å². The number of likely N-dealkylation sites (N-methyl/N-ethyl adjacent to an activating group) is 1. The fourth-order valence-electron chi connectivity index (χ4n) is 2.37. The number of hydrogen-bond acceptors (Lipinski definition) is 2. The number of nitrogens with zero attached hydrogens (tertiary/aromatic N) is 3. The van der Waals surface area contributed by atoms with Crippen LogP contribution in [0.4, 0.5) is 0 Å². The van der Waals surface area contributed by atoms with Gasteiger partial charge in [-0.1, -0.05) is 6.07 Å². The lowest BCUT2D eigenvalue weighted by Crippen LogP contribution is -2.30. The first-order valence-corrected chi connectivity index (χ1v) is 5.43. The predicted octanol–water partition coefficient (Wildman–Crippen LogP) is 1.88. The molecule has 1 aliphatic heterocycles. The first-order valence-electron chi connectivity index (χ1n) is 5.43. The molecule has 0 bridgehead atoms. The van der Waals surface area contributed by atoms with Crippen LogP contribution >= 0.6 is 0 Å². The van der Waals surface area contributed by atoms with E-state index < -0.39 is 0 Å². The van der Waals surface area contributed by atoms with Crippen molar-refractivity contribution in [1.29, 1.82) is 0 Å². The first-order chi connectivity index (χ1) is 7.27. The van der Waals surface area contributed by atoms with Gasteiger partial charge in [-0.05, 0) is 26.1 Å². The van der Waals surface area contributed by atoms with Gasteiger partial charge in [0.05, 0.1) is 11.4 Å². The zero-order valence-corrected chi connectivity index (χ0v) is 9.14. The molecule has 0 spiro atoms. The quantitative estimate of drug-likeness (QED) is 0.648. The summed E-state index contributed by atoms with van der Waals surface area (Å²) >= 11 is 0. The van der Waals surface area contributed by atoms with Crippen LogP contribution in [-0.4, -0.2) is 27.9 Å². The van der Waals surface area contributed by atoms with Gasteiger partial charge in [-0.25, -0.2) is 4.98 Å². The van der Waals surface area contributed by atoms with Gasteiger partial charge < -0.3 is 4.40 Å². The maximum atomic E-state index is 4.67. The number of fused-ring (bicyclic) bond motifs is 3. The highest BCUT2D eigenvalue weighted by Gasteiger charge is 2.25. The van der Waals surface area contributed by atoms with E-state index in [4.69, 9.17) is 0 Å². The second kappa shape index (κ2) is 3.07. The Morgan fingerprint density at radius 3 is 3.13 bits per heavy atom. The maximum Gasteiger partial charge on any atom is 0.137 e. The van der Waals surface area contributed by atoms with Gasteiger partial charge in [0, 0.05) is 25.2 Å². The van der Waals surface area contributed by atoms with E-state index in [9.17, 15) is 0 Å². The van der Waals surface area contributed by atoms with Crippen molar-refractivity contribution in [2.75, 3.05) is 13.6 Å². The Morgan fingerprint density at radius 1 is 1.40 bits per heavy atom. The number of rotatable bonds is 0. The van der Waals surface area contributed by atoms with Crippen LogP contribution in [0.1, 0.15) is 24.4 Å². The molecular weight excluding hydrogens is 186 g/mol. The molecule has 0 aromatic carbocycles. The number of aromatic nitrogens is 2. The summed E-state index contributed by atoms with van der Waals surface area (Å²) in [4.78, 5) is 7.05. The lowest BCUT2D eigenvalue weighted by Gasteiger charge is -2.29. The number of pyridine rings is 1.